The summed E-state index contributed by atoms with van der Waals surface area (Å²) in [5.41, 5.74) is -0.563. The first-order valence-electron chi connectivity index (χ1n) is 8.80. The predicted octanol–water partition coefficient (Wildman–Crippen LogP) is 4.78. The van der Waals surface area contributed by atoms with E-state index in [0.717, 1.165) is 0 Å². The Morgan fingerprint density at radius 3 is 1.93 bits per heavy atom. The summed E-state index contributed by atoms with van der Waals surface area (Å²) < 4.78 is 35.9. The Morgan fingerprint density at radius 1 is 0.793 bits per heavy atom. The molecule has 0 aliphatic carbocycles. The van der Waals surface area contributed by atoms with E-state index in [0.29, 0.717) is 22.6 Å². The minimum Gasteiger partial charge on any atom is -0.493 e. The van der Waals surface area contributed by atoms with Crippen LogP contribution >= 0.6 is 7.60 Å². The SMILES string of the molecule is COc1cccc2cc(P(=O)(Oc3ccccc3)Oc3ccccc3)c(=O)oc12. The molecule has 0 unspecified atom stereocenters. The quantitative estimate of drug-likeness (QED) is 0.338. The molecule has 146 valence electrons. The van der Waals surface area contributed by atoms with Crippen LogP contribution in [0.2, 0.25) is 0 Å². The minimum absolute atomic E-state index is 0.203. The zero-order chi connectivity index (χ0) is 20.3. The Bertz CT molecular complexity index is 1190. The maximum absolute atomic E-state index is 13.8. The van der Waals surface area contributed by atoms with Gasteiger partial charge in [0.15, 0.2) is 16.6 Å². The molecule has 0 atom stereocenters. The van der Waals surface area contributed by atoms with Crippen LogP contribution in [-0.2, 0) is 4.57 Å². The lowest BCUT2D eigenvalue weighted by Crippen LogP contribution is -2.28. The van der Waals surface area contributed by atoms with Crippen molar-refractivity contribution < 1.29 is 22.8 Å². The number of hydrogen-bond donors (Lipinski definition) is 0. The van der Waals surface area contributed by atoms with Gasteiger partial charge in [-0.1, -0.05) is 48.5 Å². The number of ether oxygens (including phenoxy) is 1. The molecule has 0 bridgehead atoms. The van der Waals surface area contributed by atoms with Crippen LogP contribution in [0.1, 0.15) is 0 Å². The normalized spacial score (nSPS) is 11.2. The summed E-state index contributed by atoms with van der Waals surface area (Å²) >= 11 is 0. The van der Waals surface area contributed by atoms with Gasteiger partial charge in [0.1, 0.15) is 11.5 Å². The molecule has 29 heavy (non-hydrogen) atoms. The molecule has 0 spiro atoms. The monoisotopic (exact) mass is 408 g/mol. The van der Waals surface area contributed by atoms with Gasteiger partial charge in [0.25, 0.3) is 0 Å². The number of hydrogen-bond acceptors (Lipinski definition) is 6. The summed E-state index contributed by atoms with van der Waals surface area (Å²) in [4.78, 5) is 12.8. The van der Waals surface area contributed by atoms with Crippen LogP contribution in [-0.4, -0.2) is 7.11 Å². The Hall–Kier alpha value is -3.50. The molecule has 0 radical (unpaired) electrons. The summed E-state index contributed by atoms with van der Waals surface area (Å²) in [6.45, 7) is 0. The van der Waals surface area contributed by atoms with Crippen molar-refractivity contribution in [3.05, 3.63) is 95.3 Å². The first-order chi connectivity index (χ1) is 14.1. The molecular weight excluding hydrogens is 391 g/mol. The average Bonchev–Trinajstić information content (AvgIpc) is 2.74. The third kappa shape index (κ3) is 3.89. The topological polar surface area (TPSA) is 75.0 Å². The summed E-state index contributed by atoms with van der Waals surface area (Å²) in [7, 11) is -2.65. The highest BCUT2D eigenvalue weighted by Gasteiger charge is 2.36. The first kappa shape index (κ1) is 18.8. The molecule has 0 amide bonds. The molecule has 3 aromatic carbocycles. The van der Waals surface area contributed by atoms with E-state index in [1.165, 1.54) is 13.2 Å². The molecule has 1 aromatic heterocycles. The highest BCUT2D eigenvalue weighted by molar-refractivity contribution is 7.63. The van der Waals surface area contributed by atoms with Gasteiger partial charge >= 0.3 is 13.2 Å². The Labute approximate surface area is 166 Å². The molecule has 6 nitrogen and oxygen atoms in total. The van der Waals surface area contributed by atoms with Gasteiger partial charge in [-0.15, -0.1) is 0 Å². The van der Waals surface area contributed by atoms with Crippen LogP contribution in [0.15, 0.2) is 94.1 Å². The Morgan fingerprint density at radius 2 is 1.38 bits per heavy atom. The standard InChI is InChI=1S/C22H17O6P/c1-25-19-14-8-9-16-15-20(22(23)26-21(16)19)29(24,27-17-10-4-2-5-11-17)28-18-12-6-3-7-13-18/h2-15H,1H3. The van der Waals surface area contributed by atoms with E-state index in [1.807, 2.05) is 0 Å². The van der Waals surface area contributed by atoms with E-state index < -0.39 is 13.2 Å². The maximum Gasteiger partial charge on any atom is 0.470 e. The number of para-hydroxylation sites is 3. The van der Waals surface area contributed by atoms with Crippen LogP contribution in [0.5, 0.6) is 17.2 Å². The zero-order valence-electron chi connectivity index (χ0n) is 15.5. The Kier molecular flexibility index (Phi) is 5.10. The third-order valence-corrected chi connectivity index (χ3v) is 5.96. The lowest BCUT2D eigenvalue weighted by atomic mass is 10.2. The fourth-order valence-corrected chi connectivity index (χ4v) is 4.41. The van der Waals surface area contributed by atoms with Gasteiger partial charge in [-0.05, 0) is 36.4 Å². The number of rotatable bonds is 6. The van der Waals surface area contributed by atoms with Crippen molar-refractivity contribution in [1.29, 1.82) is 0 Å². The zero-order valence-corrected chi connectivity index (χ0v) is 16.4. The second-order valence-electron chi connectivity index (χ2n) is 6.10. The van der Waals surface area contributed by atoms with Crippen molar-refractivity contribution in [2.75, 3.05) is 7.11 Å². The van der Waals surface area contributed by atoms with E-state index >= 15 is 0 Å². The maximum atomic E-state index is 13.8. The van der Waals surface area contributed by atoms with Crippen molar-refractivity contribution >= 4 is 23.9 Å². The number of methoxy groups -OCH3 is 1. The number of benzene rings is 3. The molecule has 0 saturated heterocycles. The summed E-state index contributed by atoms with van der Waals surface area (Å²) in [6.07, 6.45) is 0. The van der Waals surface area contributed by atoms with E-state index in [-0.39, 0.29) is 10.9 Å². The van der Waals surface area contributed by atoms with Crippen LogP contribution in [0.4, 0.5) is 0 Å². The molecule has 0 N–H and O–H groups in total. The largest absolute Gasteiger partial charge is 0.493 e. The molecule has 0 saturated carbocycles. The van der Waals surface area contributed by atoms with Crippen molar-refractivity contribution in [3.8, 4) is 17.2 Å². The van der Waals surface area contributed by atoms with Crippen molar-refractivity contribution in [3.63, 3.8) is 0 Å². The van der Waals surface area contributed by atoms with Crippen LogP contribution in [0.25, 0.3) is 11.0 Å². The molecule has 0 aliphatic rings. The number of fused-ring (bicyclic) bond motifs is 1. The highest BCUT2D eigenvalue weighted by Crippen LogP contribution is 2.47. The van der Waals surface area contributed by atoms with Crippen LogP contribution < -0.4 is 24.7 Å². The van der Waals surface area contributed by atoms with E-state index in [9.17, 15) is 9.36 Å². The molecule has 0 fully saturated rings. The third-order valence-electron chi connectivity index (χ3n) is 4.16. The van der Waals surface area contributed by atoms with Gasteiger partial charge in [0.05, 0.1) is 7.11 Å². The second kappa shape index (κ2) is 7.86. The van der Waals surface area contributed by atoms with Crippen LogP contribution in [0.3, 0.4) is 0 Å². The van der Waals surface area contributed by atoms with Gasteiger partial charge in [0, 0.05) is 5.39 Å². The molecule has 4 rings (SSSR count). The average molecular weight is 408 g/mol. The lowest BCUT2D eigenvalue weighted by molar-refractivity contribution is 0.395. The molecule has 1 heterocycles. The van der Waals surface area contributed by atoms with E-state index in [4.69, 9.17) is 18.2 Å². The first-order valence-corrected chi connectivity index (χ1v) is 10.3. The Balaban J connectivity index is 1.87. The van der Waals surface area contributed by atoms with Gasteiger partial charge < -0.3 is 18.2 Å². The van der Waals surface area contributed by atoms with E-state index in [2.05, 4.69) is 0 Å². The molecular formula is C22H17O6P. The highest BCUT2D eigenvalue weighted by atomic mass is 31.2. The van der Waals surface area contributed by atoms with E-state index in [1.54, 1.807) is 78.9 Å². The second-order valence-corrected chi connectivity index (χ2v) is 7.95. The van der Waals surface area contributed by atoms with Crippen molar-refractivity contribution in [1.82, 2.24) is 0 Å². The summed E-state index contributed by atoms with van der Waals surface area (Å²) in [5, 5.41) is 0.332. The molecule has 7 heteroatoms. The molecule has 0 aliphatic heterocycles. The van der Waals surface area contributed by atoms with Crippen molar-refractivity contribution in [2.24, 2.45) is 0 Å². The fraction of sp³-hybridized carbons (Fsp3) is 0.0455. The summed E-state index contributed by atoms with van der Waals surface area (Å²) in [6, 6.07) is 23.6. The molecule has 4 aromatic rings. The lowest BCUT2D eigenvalue weighted by Gasteiger charge is -2.19. The van der Waals surface area contributed by atoms with Gasteiger partial charge in [-0.2, -0.15) is 0 Å². The van der Waals surface area contributed by atoms with Crippen molar-refractivity contribution in [2.45, 2.75) is 0 Å². The van der Waals surface area contributed by atoms with Gasteiger partial charge in [0.2, 0.25) is 0 Å². The predicted molar refractivity (Wildman–Crippen MR) is 110 cm³/mol. The smallest absolute Gasteiger partial charge is 0.470 e. The minimum atomic E-state index is -4.13. The van der Waals surface area contributed by atoms with Gasteiger partial charge in [-0.3, -0.25) is 0 Å². The fourth-order valence-electron chi connectivity index (χ4n) is 2.82. The van der Waals surface area contributed by atoms with Gasteiger partial charge in [-0.25, -0.2) is 9.36 Å². The van der Waals surface area contributed by atoms with Crippen LogP contribution in [0, 0.1) is 0 Å². The summed E-state index contributed by atoms with van der Waals surface area (Å²) in [5.74, 6) is 1.00.